The number of aliphatic hydroxyl groups excluding tert-OH is 1. The maximum atomic E-state index is 14.0. The van der Waals surface area contributed by atoms with E-state index in [1.165, 1.54) is 31.3 Å². The van der Waals surface area contributed by atoms with Gasteiger partial charge in [0.25, 0.3) is 0 Å². The maximum Gasteiger partial charge on any atom is 0.150 e. The Labute approximate surface area is 192 Å². The number of nitrogens with zero attached hydrogens (tertiary/aromatic N) is 3. The number of rotatable bonds is 5. The van der Waals surface area contributed by atoms with Crippen LogP contribution in [0.3, 0.4) is 0 Å². The van der Waals surface area contributed by atoms with Crippen molar-refractivity contribution in [2.75, 3.05) is 30.0 Å². The number of ether oxygens (including phenoxy) is 2. The number of fused-ring (bicyclic) bond motifs is 1. The third-order valence-electron chi connectivity index (χ3n) is 5.99. The number of hydrogen-bond acceptors (Lipinski definition) is 7. The molecule has 0 unspecified atom stereocenters. The van der Waals surface area contributed by atoms with E-state index in [0.717, 1.165) is 33.7 Å². The fraction of sp³-hybridized carbons (Fsp3) is 0.375. The molecular weight excluding hydrogens is 443 g/mol. The average molecular weight is 471 g/mol. The van der Waals surface area contributed by atoms with Crippen LogP contribution >= 0.6 is 0 Å². The van der Waals surface area contributed by atoms with Crippen LogP contribution in [0.5, 0.6) is 5.75 Å². The summed E-state index contributed by atoms with van der Waals surface area (Å²) in [4.78, 5) is 8.91. The number of aliphatic hydroxyl groups is 1. The summed E-state index contributed by atoms with van der Waals surface area (Å²) in [5, 5.41) is 14.2. The van der Waals surface area contributed by atoms with Gasteiger partial charge in [-0.05, 0) is 61.1 Å². The number of nitrogens with one attached hydrogen (secondary N) is 1. The summed E-state index contributed by atoms with van der Waals surface area (Å²) in [5.41, 5.74) is 3.20. The van der Waals surface area contributed by atoms with Gasteiger partial charge >= 0.3 is 0 Å². The molecule has 0 amide bonds. The molecule has 0 radical (unpaired) electrons. The molecule has 0 spiro atoms. The minimum Gasteiger partial charge on any atom is -0.483 e. The van der Waals surface area contributed by atoms with E-state index in [0.29, 0.717) is 11.5 Å². The van der Waals surface area contributed by atoms with Gasteiger partial charge in [-0.3, -0.25) is 0 Å². The number of anilines is 2. The largest absolute Gasteiger partial charge is 0.483 e. The molecule has 5 rings (SSSR count). The van der Waals surface area contributed by atoms with Crippen LogP contribution in [0.2, 0.25) is 0 Å². The number of aryl methyl sites for hydroxylation is 1. The van der Waals surface area contributed by atoms with Crippen LogP contribution in [0.4, 0.5) is 21.6 Å². The Morgan fingerprint density at radius 1 is 1.21 bits per heavy atom. The lowest BCUT2D eigenvalue weighted by molar-refractivity contribution is 0.0736. The first-order valence-corrected chi connectivity index (χ1v) is 13.1. The SMILES string of the molecule is C=S1(=Nc2cc(C)c3c(Nc4ccc(F)cc4O[C@H]4COC[C@H]4O)ncnc3c2)CCCC1. The second kappa shape index (κ2) is 8.89. The van der Waals surface area contributed by atoms with Crippen molar-refractivity contribution >= 4 is 43.4 Å². The second-order valence-electron chi connectivity index (χ2n) is 8.61. The van der Waals surface area contributed by atoms with Gasteiger partial charge < -0.3 is 19.9 Å². The smallest absolute Gasteiger partial charge is 0.150 e. The first-order valence-electron chi connectivity index (χ1n) is 11.0. The summed E-state index contributed by atoms with van der Waals surface area (Å²) in [5.74, 6) is 7.00. The molecule has 174 valence electrons. The van der Waals surface area contributed by atoms with Crippen molar-refractivity contribution in [1.82, 2.24) is 9.97 Å². The van der Waals surface area contributed by atoms with E-state index in [-0.39, 0.29) is 19.0 Å². The lowest BCUT2D eigenvalue weighted by atomic mass is 10.1. The maximum absolute atomic E-state index is 14.0. The van der Waals surface area contributed by atoms with Crippen LogP contribution in [0.15, 0.2) is 41.0 Å². The fourth-order valence-electron chi connectivity index (χ4n) is 4.30. The van der Waals surface area contributed by atoms with Crippen LogP contribution in [0.25, 0.3) is 10.9 Å². The van der Waals surface area contributed by atoms with Crippen molar-refractivity contribution in [3.63, 3.8) is 0 Å². The Morgan fingerprint density at radius 3 is 2.79 bits per heavy atom. The van der Waals surface area contributed by atoms with Gasteiger partial charge in [0.1, 0.15) is 29.8 Å². The van der Waals surface area contributed by atoms with Crippen LogP contribution in [-0.4, -0.2) is 57.9 Å². The van der Waals surface area contributed by atoms with Crippen molar-refractivity contribution < 1.29 is 19.0 Å². The third kappa shape index (κ3) is 4.66. The number of aromatic nitrogens is 2. The molecule has 0 bridgehead atoms. The van der Waals surface area contributed by atoms with E-state index in [1.54, 1.807) is 6.07 Å². The molecule has 2 fully saturated rings. The Hall–Kier alpha value is -2.75. The highest BCUT2D eigenvalue weighted by Gasteiger charge is 2.29. The molecule has 33 heavy (non-hydrogen) atoms. The Kier molecular flexibility index (Phi) is 5.94. The number of hydrogen-bond donors (Lipinski definition) is 2. The topological polar surface area (TPSA) is 88.9 Å². The quantitative estimate of drug-likeness (QED) is 0.545. The van der Waals surface area contributed by atoms with Gasteiger partial charge in [0.05, 0.1) is 30.1 Å². The molecule has 0 saturated carbocycles. The molecule has 3 heterocycles. The lowest BCUT2D eigenvalue weighted by Crippen LogP contribution is -2.30. The highest BCUT2D eigenvalue weighted by molar-refractivity contribution is 8.02. The van der Waals surface area contributed by atoms with Gasteiger partial charge in [0.15, 0.2) is 6.10 Å². The lowest BCUT2D eigenvalue weighted by Gasteiger charge is -2.19. The van der Waals surface area contributed by atoms with E-state index in [1.807, 2.05) is 19.1 Å². The van der Waals surface area contributed by atoms with E-state index in [2.05, 4.69) is 21.2 Å². The molecule has 2 saturated heterocycles. The van der Waals surface area contributed by atoms with E-state index in [4.69, 9.17) is 13.8 Å². The van der Waals surface area contributed by atoms with Crippen molar-refractivity contribution in [1.29, 1.82) is 0 Å². The first kappa shape index (κ1) is 22.1. The van der Waals surface area contributed by atoms with Crippen LogP contribution in [-0.2, 0) is 14.2 Å². The summed E-state index contributed by atoms with van der Waals surface area (Å²) in [6.45, 7) is 2.45. The third-order valence-corrected chi connectivity index (χ3v) is 8.69. The Morgan fingerprint density at radius 2 is 2.03 bits per heavy atom. The molecule has 7 nitrogen and oxygen atoms in total. The molecule has 2 aromatic carbocycles. The van der Waals surface area contributed by atoms with E-state index >= 15 is 0 Å². The van der Waals surface area contributed by atoms with Crippen molar-refractivity contribution in [3.8, 4) is 5.75 Å². The zero-order valence-corrected chi connectivity index (χ0v) is 19.3. The summed E-state index contributed by atoms with van der Waals surface area (Å²) in [7, 11) is -1.19. The van der Waals surface area contributed by atoms with Crippen LogP contribution in [0, 0.1) is 12.7 Å². The summed E-state index contributed by atoms with van der Waals surface area (Å²) in [6, 6.07) is 8.25. The fourth-order valence-corrected chi connectivity index (χ4v) is 6.72. The van der Waals surface area contributed by atoms with Gasteiger partial charge in [-0.15, -0.1) is 9.41 Å². The van der Waals surface area contributed by atoms with Crippen LogP contribution < -0.4 is 10.1 Å². The zero-order valence-electron chi connectivity index (χ0n) is 18.5. The van der Waals surface area contributed by atoms with Gasteiger partial charge in [0.2, 0.25) is 0 Å². The van der Waals surface area contributed by atoms with Gasteiger partial charge in [-0.1, -0.05) is 5.87 Å². The van der Waals surface area contributed by atoms with Gasteiger partial charge in [-0.25, -0.2) is 18.7 Å². The zero-order chi connectivity index (χ0) is 23.0. The van der Waals surface area contributed by atoms with Gasteiger partial charge in [0, 0.05) is 11.5 Å². The molecule has 2 N–H and O–H groups in total. The predicted octanol–water partition coefficient (Wildman–Crippen LogP) is 4.15. The minimum atomic E-state index is -1.19. The Balaban J connectivity index is 1.50. The molecule has 3 aromatic rings. The second-order valence-corrected chi connectivity index (χ2v) is 11.6. The molecule has 2 atom stereocenters. The standard InChI is InChI=1S/C24H27FN4O3S/c1-15-9-17(29-33(2)7-3-4-8-33)11-19-23(15)24(27-14-26-19)28-18-6-5-16(25)10-21(18)32-22-13-31-12-20(22)30/h5-6,9-11,14,20,22,30H,2-4,7-8,12-13H2,1H3,(H,26,27,28)/t20-,22+/m1/s1. The number of benzene rings is 2. The highest BCUT2D eigenvalue weighted by atomic mass is 32.2. The minimum absolute atomic E-state index is 0.197. The molecule has 2 aliphatic heterocycles. The summed E-state index contributed by atoms with van der Waals surface area (Å²) >= 11 is 0. The summed E-state index contributed by atoms with van der Waals surface area (Å²) < 4.78 is 30.1. The van der Waals surface area contributed by atoms with Crippen molar-refractivity contribution in [2.45, 2.75) is 32.0 Å². The molecule has 2 aliphatic rings. The number of halogens is 1. The Bertz CT molecular complexity index is 1310. The van der Waals surface area contributed by atoms with Crippen molar-refractivity contribution in [2.24, 2.45) is 4.36 Å². The summed E-state index contributed by atoms with van der Waals surface area (Å²) in [6.07, 6.45) is 2.56. The van der Waals surface area contributed by atoms with E-state index < -0.39 is 27.4 Å². The van der Waals surface area contributed by atoms with Crippen molar-refractivity contribution in [3.05, 3.63) is 48.0 Å². The molecular formula is C24H27FN4O3S. The normalized spacial score (nSPS) is 21.9. The van der Waals surface area contributed by atoms with Crippen LogP contribution in [0.1, 0.15) is 18.4 Å². The first-order chi connectivity index (χ1) is 15.9. The average Bonchev–Trinajstić information content (AvgIpc) is 3.38. The monoisotopic (exact) mass is 470 g/mol. The predicted molar refractivity (Wildman–Crippen MR) is 131 cm³/mol. The van der Waals surface area contributed by atoms with E-state index in [9.17, 15) is 9.50 Å². The molecule has 1 aromatic heterocycles. The van der Waals surface area contributed by atoms with Gasteiger partial charge in [-0.2, -0.15) is 0 Å². The molecule has 0 aliphatic carbocycles. The molecule has 9 heteroatoms. The highest BCUT2D eigenvalue weighted by Crippen LogP contribution is 2.35.